The Morgan fingerprint density at radius 2 is 1.94 bits per heavy atom. The molecule has 0 bridgehead atoms. The Morgan fingerprint density at radius 3 is 2.71 bits per heavy atom. The third kappa shape index (κ3) is 5.38. The molecule has 0 saturated carbocycles. The summed E-state index contributed by atoms with van der Waals surface area (Å²) in [5, 5.41) is 19.9. The maximum atomic E-state index is 9.76. The van der Waals surface area contributed by atoms with Crippen LogP contribution in [0.15, 0.2) is 71.7 Å². The number of nitriles is 1. The Hall–Kier alpha value is -3.82. The van der Waals surface area contributed by atoms with Crippen LogP contribution in [0.25, 0.3) is 11.1 Å². The monoisotopic (exact) mass is 454 g/mol. The molecule has 0 amide bonds. The van der Waals surface area contributed by atoms with Crippen molar-refractivity contribution in [3.05, 3.63) is 89.0 Å². The van der Waals surface area contributed by atoms with Crippen LogP contribution in [0.4, 0.5) is 0 Å². The standard InChI is InChI=1S/C28H30N4O2/c1-19-7-3-4-9-21(19)10-6-12-24-17-26(31-28(30)32(2)33)25-16-23(13-14-27(25)34-24)22-11-5-8-20(15-22)18-29/h3-5,7-9,11,13-16,24,26,33H,6,10,12,17H2,1-2H3,(H2,30,31)/t24-,26+/m1/s1. The number of benzene rings is 3. The lowest BCUT2D eigenvalue weighted by Crippen LogP contribution is -2.33. The molecule has 2 atom stereocenters. The average Bonchev–Trinajstić information content (AvgIpc) is 2.85. The Bertz CT molecular complexity index is 1230. The zero-order chi connectivity index (χ0) is 24.1. The molecule has 174 valence electrons. The number of nitrogens with two attached hydrogens (primary N) is 1. The van der Waals surface area contributed by atoms with Crippen molar-refractivity contribution in [1.29, 1.82) is 5.26 Å². The van der Waals surface area contributed by atoms with Gasteiger partial charge in [0.05, 0.1) is 17.7 Å². The average molecular weight is 455 g/mol. The Morgan fingerprint density at radius 1 is 1.15 bits per heavy atom. The number of hydrogen-bond acceptors (Lipinski definition) is 4. The molecule has 4 rings (SSSR count). The van der Waals surface area contributed by atoms with Crippen LogP contribution in [0.2, 0.25) is 0 Å². The molecular weight excluding hydrogens is 424 g/mol. The fraction of sp³-hybridized carbons (Fsp3) is 0.286. The van der Waals surface area contributed by atoms with Gasteiger partial charge in [0.2, 0.25) is 5.96 Å². The zero-order valence-corrected chi connectivity index (χ0v) is 19.6. The van der Waals surface area contributed by atoms with Gasteiger partial charge in [0.1, 0.15) is 11.9 Å². The lowest BCUT2D eigenvalue weighted by Gasteiger charge is -2.31. The van der Waals surface area contributed by atoms with Crippen molar-refractivity contribution in [3.8, 4) is 22.9 Å². The van der Waals surface area contributed by atoms with Crippen LogP contribution in [0.5, 0.6) is 5.75 Å². The Balaban J connectivity index is 1.58. The highest BCUT2D eigenvalue weighted by Crippen LogP contribution is 2.41. The van der Waals surface area contributed by atoms with E-state index < -0.39 is 0 Å². The van der Waals surface area contributed by atoms with Gasteiger partial charge in [-0.25, -0.2) is 10.1 Å². The molecule has 0 aliphatic carbocycles. The van der Waals surface area contributed by atoms with Crippen molar-refractivity contribution in [1.82, 2.24) is 5.06 Å². The topological polar surface area (TPSA) is 94.9 Å². The molecule has 0 fully saturated rings. The minimum absolute atomic E-state index is 0.00911. The van der Waals surface area contributed by atoms with Crippen LogP contribution in [0.3, 0.4) is 0 Å². The molecule has 1 heterocycles. The molecule has 0 aromatic heterocycles. The normalized spacial score (nSPS) is 17.4. The Labute approximate surface area is 200 Å². The summed E-state index contributed by atoms with van der Waals surface area (Å²) in [5.74, 6) is 0.850. The van der Waals surface area contributed by atoms with Crippen LogP contribution in [-0.2, 0) is 6.42 Å². The summed E-state index contributed by atoms with van der Waals surface area (Å²) in [6, 6.07) is 24.0. The second-order valence-corrected chi connectivity index (χ2v) is 8.77. The van der Waals surface area contributed by atoms with Gasteiger partial charge < -0.3 is 10.5 Å². The number of guanidine groups is 1. The molecule has 0 radical (unpaired) electrons. The molecule has 6 heteroatoms. The van der Waals surface area contributed by atoms with Crippen LogP contribution >= 0.6 is 0 Å². The van der Waals surface area contributed by atoms with Crippen molar-refractivity contribution < 1.29 is 9.94 Å². The van der Waals surface area contributed by atoms with Crippen molar-refractivity contribution in [2.75, 3.05) is 7.05 Å². The number of aryl methyl sites for hydroxylation is 2. The van der Waals surface area contributed by atoms with E-state index in [-0.39, 0.29) is 18.1 Å². The number of fused-ring (bicyclic) bond motifs is 1. The van der Waals surface area contributed by atoms with E-state index in [2.05, 4.69) is 42.3 Å². The van der Waals surface area contributed by atoms with E-state index >= 15 is 0 Å². The first-order chi connectivity index (χ1) is 16.4. The maximum absolute atomic E-state index is 9.76. The van der Waals surface area contributed by atoms with E-state index in [1.54, 1.807) is 6.07 Å². The van der Waals surface area contributed by atoms with E-state index in [0.717, 1.165) is 46.8 Å². The lowest BCUT2D eigenvalue weighted by atomic mass is 9.91. The van der Waals surface area contributed by atoms with Crippen molar-refractivity contribution in [2.45, 2.75) is 44.8 Å². The second-order valence-electron chi connectivity index (χ2n) is 8.77. The molecule has 3 aromatic carbocycles. The summed E-state index contributed by atoms with van der Waals surface area (Å²) >= 11 is 0. The zero-order valence-electron chi connectivity index (χ0n) is 19.6. The molecule has 1 aliphatic rings. The van der Waals surface area contributed by atoms with Gasteiger partial charge in [0.25, 0.3) is 0 Å². The number of aliphatic imine (C=N–C) groups is 1. The van der Waals surface area contributed by atoms with Gasteiger partial charge in [-0.05, 0) is 72.7 Å². The molecule has 3 aromatic rings. The van der Waals surface area contributed by atoms with E-state index in [1.807, 2.05) is 36.4 Å². The smallest absolute Gasteiger partial charge is 0.215 e. The fourth-order valence-corrected chi connectivity index (χ4v) is 4.42. The summed E-state index contributed by atoms with van der Waals surface area (Å²) in [7, 11) is 1.46. The largest absolute Gasteiger partial charge is 0.490 e. The van der Waals surface area contributed by atoms with Gasteiger partial charge in [0, 0.05) is 19.0 Å². The first-order valence-electron chi connectivity index (χ1n) is 11.6. The van der Waals surface area contributed by atoms with Crippen LogP contribution < -0.4 is 10.5 Å². The molecule has 6 nitrogen and oxygen atoms in total. The third-order valence-electron chi connectivity index (χ3n) is 6.33. The van der Waals surface area contributed by atoms with Gasteiger partial charge in [-0.1, -0.05) is 42.5 Å². The summed E-state index contributed by atoms with van der Waals surface area (Å²) < 4.78 is 6.37. The number of nitrogens with zero attached hydrogens (tertiary/aromatic N) is 3. The summed E-state index contributed by atoms with van der Waals surface area (Å²) in [6.45, 7) is 2.14. The number of rotatable bonds is 6. The van der Waals surface area contributed by atoms with E-state index in [0.29, 0.717) is 12.0 Å². The van der Waals surface area contributed by atoms with Crippen LogP contribution in [0.1, 0.15) is 47.6 Å². The Kier molecular flexibility index (Phi) is 7.15. The second kappa shape index (κ2) is 10.4. The fourth-order valence-electron chi connectivity index (χ4n) is 4.42. The van der Waals surface area contributed by atoms with Gasteiger partial charge >= 0.3 is 0 Å². The first-order valence-corrected chi connectivity index (χ1v) is 11.6. The molecule has 34 heavy (non-hydrogen) atoms. The van der Waals surface area contributed by atoms with Gasteiger partial charge in [-0.15, -0.1) is 0 Å². The minimum Gasteiger partial charge on any atom is -0.490 e. The molecule has 0 saturated heterocycles. The summed E-state index contributed by atoms with van der Waals surface area (Å²) in [5.41, 5.74) is 12.1. The number of hydroxylamine groups is 2. The van der Waals surface area contributed by atoms with Gasteiger partial charge in [0.15, 0.2) is 0 Å². The lowest BCUT2D eigenvalue weighted by molar-refractivity contribution is 0.0110. The molecule has 0 unspecified atom stereocenters. The van der Waals surface area contributed by atoms with E-state index in [1.165, 1.54) is 18.2 Å². The maximum Gasteiger partial charge on any atom is 0.215 e. The van der Waals surface area contributed by atoms with Crippen molar-refractivity contribution >= 4 is 5.96 Å². The third-order valence-corrected chi connectivity index (χ3v) is 6.33. The van der Waals surface area contributed by atoms with Crippen LogP contribution in [0, 0.1) is 18.3 Å². The summed E-state index contributed by atoms with van der Waals surface area (Å²) in [6.07, 6.45) is 3.60. The van der Waals surface area contributed by atoms with Gasteiger partial charge in [-0.3, -0.25) is 5.21 Å². The number of hydrogen-bond donors (Lipinski definition) is 2. The van der Waals surface area contributed by atoms with Gasteiger partial charge in [-0.2, -0.15) is 5.26 Å². The summed E-state index contributed by atoms with van der Waals surface area (Å²) in [4.78, 5) is 4.61. The molecule has 0 spiro atoms. The van der Waals surface area contributed by atoms with Crippen molar-refractivity contribution in [3.63, 3.8) is 0 Å². The quantitative estimate of drug-likeness (QED) is 0.296. The molecule has 1 aliphatic heterocycles. The minimum atomic E-state index is -0.235. The SMILES string of the molecule is Cc1ccccc1CCC[C@@H]1C[C@H](N=C(N)N(C)O)c2cc(-c3cccc(C#N)c3)ccc2O1. The highest BCUT2D eigenvalue weighted by atomic mass is 16.5. The first kappa shape index (κ1) is 23.3. The van der Waals surface area contributed by atoms with E-state index in [9.17, 15) is 10.5 Å². The highest BCUT2D eigenvalue weighted by Gasteiger charge is 2.29. The van der Waals surface area contributed by atoms with Crippen LogP contribution in [-0.4, -0.2) is 29.4 Å². The van der Waals surface area contributed by atoms with E-state index in [4.69, 9.17) is 10.5 Å². The predicted octanol–water partition coefficient (Wildman–Crippen LogP) is 5.38. The van der Waals surface area contributed by atoms with Crippen molar-refractivity contribution in [2.24, 2.45) is 10.7 Å². The number of ether oxygens (including phenoxy) is 1. The predicted molar refractivity (Wildman–Crippen MR) is 134 cm³/mol. The molecular formula is C28H30N4O2. The molecule has 3 N–H and O–H groups in total. The highest BCUT2D eigenvalue weighted by molar-refractivity contribution is 5.77.